The van der Waals surface area contributed by atoms with Crippen LogP contribution in [0, 0.1) is 0 Å². The molecule has 0 aliphatic rings. The topological polar surface area (TPSA) is 123 Å². The molecule has 0 fully saturated rings. The summed E-state index contributed by atoms with van der Waals surface area (Å²) in [7, 11) is -3.77. The second-order valence-electron chi connectivity index (χ2n) is 5.65. The van der Waals surface area contributed by atoms with Crippen molar-refractivity contribution in [2.24, 2.45) is 5.14 Å². The maximum absolute atomic E-state index is 11.6. The maximum atomic E-state index is 11.6. The van der Waals surface area contributed by atoms with Gasteiger partial charge in [-0.15, -0.1) is 11.8 Å². The molecule has 0 unspecified atom stereocenters. The first-order valence-corrected chi connectivity index (χ1v) is 11.1. The van der Waals surface area contributed by atoms with Crippen molar-refractivity contribution in [3.63, 3.8) is 0 Å². The number of anilines is 3. The number of pyridine rings is 1. The molecular weight excluding hydrogens is 420 g/mol. The Morgan fingerprint density at radius 2 is 1.86 bits per heavy atom. The van der Waals surface area contributed by atoms with Crippen molar-refractivity contribution in [3.8, 4) is 0 Å². The average molecular weight is 437 g/mol. The number of nitrogens with one attached hydrogen (secondary N) is 2. The number of primary sulfonamides is 1. The van der Waals surface area contributed by atoms with Gasteiger partial charge in [0.05, 0.1) is 9.92 Å². The summed E-state index contributed by atoms with van der Waals surface area (Å²) in [5, 5.41) is 12.0. The largest absolute Gasteiger partial charge is 0.366 e. The third-order valence-corrected chi connectivity index (χ3v) is 5.66. The van der Waals surface area contributed by atoms with E-state index in [9.17, 15) is 8.42 Å². The van der Waals surface area contributed by atoms with E-state index in [1.165, 1.54) is 30.4 Å². The highest BCUT2D eigenvalue weighted by atomic mass is 35.5. The minimum atomic E-state index is -3.77. The predicted molar refractivity (Wildman–Crippen MR) is 111 cm³/mol. The molecule has 2 aromatic heterocycles. The molecule has 8 nitrogen and oxygen atoms in total. The van der Waals surface area contributed by atoms with Crippen LogP contribution in [-0.2, 0) is 16.6 Å². The van der Waals surface area contributed by atoms with Crippen molar-refractivity contribution in [3.05, 3.63) is 59.5 Å². The van der Waals surface area contributed by atoms with Gasteiger partial charge >= 0.3 is 0 Å². The van der Waals surface area contributed by atoms with Crippen LogP contribution in [0.5, 0.6) is 0 Å². The number of hydrogen-bond acceptors (Lipinski definition) is 8. The van der Waals surface area contributed by atoms with Gasteiger partial charge in [-0.05, 0) is 42.2 Å². The van der Waals surface area contributed by atoms with E-state index in [1.807, 2.05) is 6.26 Å². The van der Waals surface area contributed by atoms with Crippen LogP contribution in [0.1, 0.15) is 5.56 Å². The Labute approximate surface area is 172 Å². The van der Waals surface area contributed by atoms with Gasteiger partial charge in [0.15, 0.2) is 0 Å². The lowest BCUT2D eigenvalue weighted by atomic mass is 10.2. The van der Waals surface area contributed by atoms with Gasteiger partial charge in [0.25, 0.3) is 0 Å². The van der Waals surface area contributed by atoms with Crippen LogP contribution < -0.4 is 15.8 Å². The fourth-order valence-corrected chi connectivity index (χ4v) is 3.63. The summed E-state index contributed by atoms with van der Waals surface area (Å²) in [5.74, 6) is 1.72. The van der Waals surface area contributed by atoms with Crippen molar-refractivity contribution in [1.29, 1.82) is 0 Å². The number of rotatable bonds is 7. The number of aromatic nitrogens is 3. The molecule has 0 saturated carbocycles. The molecular formula is C17H17ClN6O2S2. The van der Waals surface area contributed by atoms with Crippen LogP contribution in [0.15, 0.2) is 58.7 Å². The Hall–Kier alpha value is -2.40. The molecule has 0 atom stereocenters. The molecule has 0 aliphatic heterocycles. The summed E-state index contributed by atoms with van der Waals surface area (Å²) in [6.07, 6.45) is 4.87. The summed E-state index contributed by atoms with van der Waals surface area (Å²) in [4.78, 5) is 13.5. The van der Waals surface area contributed by atoms with Gasteiger partial charge in [0.2, 0.25) is 10.0 Å². The van der Waals surface area contributed by atoms with E-state index in [4.69, 9.17) is 16.7 Å². The fraction of sp³-hybridized carbons (Fsp3) is 0.118. The lowest BCUT2D eigenvalue weighted by Gasteiger charge is -2.12. The first-order valence-electron chi connectivity index (χ1n) is 7.99. The van der Waals surface area contributed by atoms with Crippen LogP contribution in [0.2, 0.25) is 5.02 Å². The first kappa shape index (κ1) is 20.3. The Morgan fingerprint density at radius 3 is 2.54 bits per heavy atom. The second-order valence-corrected chi connectivity index (χ2v) is 8.49. The zero-order valence-corrected chi connectivity index (χ0v) is 17.1. The summed E-state index contributed by atoms with van der Waals surface area (Å²) in [5.41, 5.74) is 0.798. The smallest absolute Gasteiger partial charge is 0.238 e. The van der Waals surface area contributed by atoms with E-state index < -0.39 is 10.0 Å². The van der Waals surface area contributed by atoms with Crippen molar-refractivity contribution in [1.82, 2.24) is 15.0 Å². The van der Waals surface area contributed by atoms with Crippen LogP contribution in [0.3, 0.4) is 0 Å². The average Bonchev–Trinajstić information content (AvgIpc) is 2.67. The molecule has 146 valence electrons. The minimum absolute atomic E-state index is 0.0703. The molecule has 1 aromatic carbocycles. The standard InChI is InChI=1S/C17H17ClN6O2S2/c1-27-14-4-3-13(28(19,25)26)6-11(14)8-20-16-7-17(23-10-22-16)24-15-5-2-12(18)9-21-15/h2-7,9-10H,8H2,1H3,(H2,19,25,26)(H2,20,21,22,23,24). The van der Waals surface area contributed by atoms with E-state index >= 15 is 0 Å². The number of nitrogens with zero attached hydrogens (tertiary/aromatic N) is 3. The lowest BCUT2D eigenvalue weighted by molar-refractivity contribution is 0.597. The van der Waals surface area contributed by atoms with Crippen molar-refractivity contribution in [2.75, 3.05) is 16.9 Å². The van der Waals surface area contributed by atoms with Crippen molar-refractivity contribution in [2.45, 2.75) is 16.3 Å². The number of benzene rings is 1. The summed E-state index contributed by atoms with van der Waals surface area (Å²) in [6, 6.07) is 9.97. The highest BCUT2D eigenvalue weighted by molar-refractivity contribution is 7.98. The molecule has 4 N–H and O–H groups in total. The molecule has 3 aromatic rings. The molecule has 28 heavy (non-hydrogen) atoms. The van der Waals surface area contributed by atoms with E-state index in [0.29, 0.717) is 29.0 Å². The molecule has 0 amide bonds. The highest BCUT2D eigenvalue weighted by Crippen LogP contribution is 2.24. The monoisotopic (exact) mass is 436 g/mol. The van der Waals surface area contributed by atoms with Crippen molar-refractivity contribution < 1.29 is 8.42 Å². The molecule has 3 rings (SSSR count). The molecule has 0 radical (unpaired) electrons. The maximum Gasteiger partial charge on any atom is 0.238 e. The predicted octanol–water partition coefficient (Wildman–Crippen LogP) is 3.25. The lowest BCUT2D eigenvalue weighted by Crippen LogP contribution is -2.13. The number of thioether (sulfide) groups is 1. The minimum Gasteiger partial charge on any atom is -0.366 e. The summed E-state index contributed by atoms with van der Waals surface area (Å²) in [6.45, 7) is 0.370. The van der Waals surface area contributed by atoms with Crippen LogP contribution >= 0.6 is 23.4 Å². The number of sulfonamides is 1. The zero-order valence-electron chi connectivity index (χ0n) is 14.8. The molecule has 0 aliphatic carbocycles. The van der Waals surface area contributed by atoms with E-state index in [-0.39, 0.29) is 4.90 Å². The third-order valence-electron chi connectivity index (χ3n) is 3.69. The SMILES string of the molecule is CSc1ccc(S(N)(=O)=O)cc1CNc1cc(Nc2ccc(Cl)cn2)ncn1. The van der Waals surface area contributed by atoms with Gasteiger partial charge in [-0.1, -0.05) is 11.6 Å². The molecule has 11 heteroatoms. The normalized spacial score (nSPS) is 11.2. The van der Waals surface area contributed by atoms with Gasteiger partial charge in [-0.2, -0.15) is 0 Å². The van der Waals surface area contributed by atoms with Gasteiger partial charge < -0.3 is 10.6 Å². The van der Waals surface area contributed by atoms with E-state index in [2.05, 4.69) is 25.6 Å². The van der Waals surface area contributed by atoms with Gasteiger partial charge in [-0.25, -0.2) is 28.5 Å². The highest BCUT2D eigenvalue weighted by Gasteiger charge is 2.11. The van der Waals surface area contributed by atoms with Crippen LogP contribution in [-0.4, -0.2) is 29.6 Å². The second kappa shape index (κ2) is 8.74. The Bertz CT molecular complexity index is 1080. The molecule has 0 spiro atoms. The Morgan fingerprint density at radius 1 is 1.07 bits per heavy atom. The Balaban J connectivity index is 1.75. The van der Waals surface area contributed by atoms with E-state index in [1.54, 1.807) is 30.3 Å². The fourth-order valence-electron chi connectivity index (χ4n) is 2.36. The van der Waals surface area contributed by atoms with Gasteiger partial charge in [0.1, 0.15) is 23.8 Å². The third kappa shape index (κ3) is 5.32. The van der Waals surface area contributed by atoms with Gasteiger partial charge in [0, 0.05) is 23.7 Å². The molecule has 0 saturated heterocycles. The van der Waals surface area contributed by atoms with Crippen LogP contribution in [0.4, 0.5) is 17.5 Å². The first-order chi connectivity index (χ1) is 13.3. The molecule has 0 bridgehead atoms. The van der Waals surface area contributed by atoms with Crippen molar-refractivity contribution >= 4 is 50.8 Å². The number of hydrogen-bond donors (Lipinski definition) is 3. The summed E-state index contributed by atoms with van der Waals surface area (Å²) >= 11 is 7.35. The molecule has 2 heterocycles. The van der Waals surface area contributed by atoms with Gasteiger partial charge in [-0.3, -0.25) is 0 Å². The van der Waals surface area contributed by atoms with Crippen LogP contribution in [0.25, 0.3) is 0 Å². The zero-order chi connectivity index (χ0) is 20.1. The quantitative estimate of drug-likeness (QED) is 0.482. The number of halogens is 1. The Kier molecular flexibility index (Phi) is 6.35. The number of nitrogens with two attached hydrogens (primary N) is 1. The van der Waals surface area contributed by atoms with E-state index in [0.717, 1.165) is 10.5 Å². The summed E-state index contributed by atoms with van der Waals surface area (Å²) < 4.78 is 23.2.